The fraction of sp³-hybridized carbons (Fsp3) is 0.333. The van der Waals surface area contributed by atoms with E-state index in [-0.39, 0.29) is 23.2 Å². The zero-order chi connectivity index (χ0) is 18.2. The summed E-state index contributed by atoms with van der Waals surface area (Å²) in [4.78, 5) is 26.7. The van der Waals surface area contributed by atoms with E-state index >= 15 is 0 Å². The predicted octanol–water partition coefficient (Wildman–Crippen LogP) is 1.75. The zero-order valence-corrected chi connectivity index (χ0v) is 14.6. The Kier molecular flexibility index (Phi) is 6.45. The van der Waals surface area contributed by atoms with Crippen LogP contribution in [0.3, 0.4) is 0 Å². The van der Waals surface area contributed by atoms with Crippen LogP contribution >= 0.6 is 0 Å². The lowest BCUT2D eigenvalue weighted by atomic mass is 10.1. The number of nitrogens with one attached hydrogen (secondary N) is 3. The van der Waals surface area contributed by atoms with Crippen LogP contribution in [0.15, 0.2) is 30.3 Å². The number of benzene rings is 1. The van der Waals surface area contributed by atoms with Crippen LogP contribution in [0.5, 0.6) is 11.5 Å². The summed E-state index contributed by atoms with van der Waals surface area (Å²) in [6.07, 6.45) is 0.645. The molecule has 0 atom stereocenters. The number of aromatic nitrogens is 1. The Labute approximate surface area is 146 Å². The van der Waals surface area contributed by atoms with Crippen molar-refractivity contribution in [3.05, 3.63) is 47.3 Å². The maximum absolute atomic E-state index is 12.0. The van der Waals surface area contributed by atoms with Gasteiger partial charge in [0.15, 0.2) is 5.75 Å². The summed E-state index contributed by atoms with van der Waals surface area (Å²) in [6, 6.07) is 9.23. The molecule has 0 fully saturated rings. The highest BCUT2D eigenvalue weighted by atomic mass is 16.5. The van der Waals surface area contributed by atoms with Crippen LogP contribution < -0.4 is 20.1 Å². The molecule has 0 aliphatic carbocycles. The summed E-state index contributed by atoms with van der Waals surface area (Å²) >= 11 is 0. The Morgan fingerprint density at radius 2 is 2.00 bits per heavy atom. The van der Waals surface area contributed by atoms with Crippen molar-refractivity contribution in [1.29, 1.82) is 0 Å². The van der Waals surface area contributed by atoms with Crippen LogP contribution in [0.25, 0.3) is 0 Å². The molecular weight excluding hydrogens is 322 g/mol. The first-order valence-electron chi connectivity index (χ1n) is 8.08. The molecular formula is C18H23N3O4. The second-order valence-electron chi connectivity index (χ2n) is 5.31. The van der Waals surface area contributed by atoms with Crippen molar-refractivity contribution in [2.45, 2.75) is 13.3 Å². The third kappa shape index (κ3) is 4.76. The van der Waals surface area contributed by atoms with Gasteiger partial charge in [-0.15, -0.1) is 0 Å². The van der Waals surface area contributed by atoms with E-state index in [1.54, 1.807) is 13.2 Å². The van der Waals surface area contributed by atoms with E-state index in [0.717, 1.165) is 11.3 Å². The third-order valence-corrected chi connectivity index (χ3v) is 3.60. The molecule has 0 radical (unpaired) electrons. The second-order valence-corrected chi connectivity index (χ2v) is 5.31. The first kappa shape index (κ1) is 18.4. The molecule has 7 heteroatoms. The highest BCUT2D eigenvalue weighted by Crippen LogP contribution is 2.21. The van der Waals surface area contributed by atoms with Gasteiger partial charge in [0.25, 0.3) is 11.8 Å². The van der Waals surface area contributed by atoms with Crippen LogP contribution in [-0.2, 0) is 6.42 Å². The van der Waals surface area contributed by atoms with Gasteiger partial charge >= 0.3 is 0 Å². The Hall–Kier alpha value is -2.96. The van der Waals surface area contributed by atoms with Gasteiger partial charge in [0.1, 0.15) is 17.1 Å². The van der Waals surface area contributed by atoms with Gasteiger partial charge in [0, 0.05) is 26.1 Å². The smallest absolute Gasteiger partial charge is 0.271 e. The molecule has 0 spiro atoms. The maximum Gasteiger partial charge on any atom is 0.271 e. The largest absolute Gasteiger partial charge is 0.497 e. The molecule has 0 unspecified atom stereocenters. The van der Waals surface area contributed by atoms with Crippen molar-refractivity contribution in [1.82, 2.24) is 15.6 Å². The number of hydrogen-bond acceptors (Lipinski definition) is 4. The fourth-order valence-corrected chi connectivity index (χ4v) is 2.33. The van der Waals surface area contributed by atoms with Gasteiger partial charge in [-0.3, -0.25) is 9.59 Å². The molecule has 0 aliphatic rings. The molecule has 134 valence electrons. The van der Waals surface area contributed by atoms with Crippen LogP contribution in [0.2, 0.25) is 0 Å². The van der Waals surface area contributed by atoms with Gasteiger partial charge in [0.2, 0.25) is 0 Å². The summed E-state index contributed by atoms with van der Waals surface area (Å²) in [5.41, 5.74) is 1.58. The number of hydrogen-bond donors (Lipinski definition) is 3. The average Bonchev–Trinajstić information content (AvgIpc) is 3.06. The maximum atomic E-state index is 12.0. The summed E-state index contributed by atoms with van der Waals surface area (Å²) in [7, 11) is 3.14. The predicted molar refractivity (Wildman–Crippen MR) is 94.4 cm³/mol. The van der Waals surface area contributed by atoms with E-state index < -0.39 is 0 Å². The summed E-state index contributed by atoms with van der Waals surface area (Å²) in [6.45, 7) is 2.69. The minimum atomic E-state index is -0.341. The van der Waals surface area contributed by atoms with Gasteiger partial charge in [-0.1, -0.05) is 12.1 Å². The van der Waals surface area contributed by atoms with Gasteiger partial charge < -0.3 is 25.1 Å². The first-order valence-corrected chi connectivity index (χ1v) is 8.08. The van der Waals surface area contributed by atoms with Gasteiger partial charge in [0.05, 0.1) is 13.7 Å². The lowest BCUT2D eigenvalue weighted by molar-refractivity contribution is 0.0951. The molecule has 2 amide bonds. The molecule has 1 aromatic carbocycles. The number of amides is 2. The van der Waals surface area contributed by atoms with E-state index in [1.165, 1.54) is 7.05 Å². The van der Waals surface area contributed by atoms with Crippen LogP contribution in [-0.4, -0.2) is 44.1 Å². The average molecular weight is 345 g/mol. The highest BCUT2D eigenvalue weighted by Gasteiger charge is 2.19. The number of rotatable bonds is 8. The van der Waals surface area contributed by atoms with Gasteiger partial charge in [-0.2, -0.15) is 0 Å². The number of carbonyl (C=O) groups is 2. The topological polar surface area (TPSA) is 92.4 Å². The summed E-state index contributed by atoms with van der Waals surface area (Å²) in [5.74, 6) is 0.509. The van der Waals surface area contributed by atoms with E-state index in [2.05, 4.69) is 15.6 Å². The van der Waals surface area contributed by atoms with Crippen molar-refractivity contribution < 1.29 is 19.1 Å². The van der Waals surface area contributed by atoms with E-state index in [4.69, 9.17) is 9.47 Å². The quantitative estimate of drug-likeness (QED) is 0.680. The Bertz CT molecular complexity index is 740. The summed E-state index contributed by atoms with van der Waals surface area (Å²) < 4.78 is 10.9. The number of methoxy groups -OCH3 is 1. The number of carbonyl (C=O) groups excluding carboxylic acids is 2. The van der Waals surface area contributed by atoms with E-state index in [9.17, 15) is 9.59 Å². The Morgan fingerprint density at radius 1 is 1.20 bits per heavy atom. The first-order chi connectivity index (χ1) is 12.1. The molecule has 3 N–H and O–H groups in total. The minimum absolute atomic E-state index is 0.231. The number of H-pyrrole nitrogens is 1. The van der Waals surface area contributed by atoms with E-state index in [1.807, 2.05) is 31.2 Å². The molecule has 0 saturated heterocycles. The van der Waals surface area contributed by atoms with Crippen LogP contribution in [0.4, 0.5) is 0 Å². The highest BCUT2D eigenvalue weighted by molar-refractivity contribution is 5.99. The Morgan fingerprint density at radius 3 is 2.68 bits per heavy atom. The number of ether oxygens (including phenoxy) is 2. The minimum Gasteiger partial charge on any atom is -0.497 e. The molecule has 2 aromatic rings. The van der Waals surface area contributed by atoms with E-state index in [0.29, 0.717) is 25.3 Å². The SMILES string of the molecule is CCNC(=O)c1cc(OCCc2cccc(OC)c2)c(C(=O)NC)[nH]1. The Balaban J connectivity index is 2.08. The lowest BCUT2D eigenvalue weighted by Crippen LogP contribution is -2.23. The lowest BCUT2D eigenvalue weighted by Gasteiger charge is -2.07. The molecule has 1 heterocycles. The van der Waals surface area contributed by atoms with Gasteiger partial charge in [-0.25, -0.2) is 0 Å². The second kappa shape index (κ2) is 8.77. The van der Waals surface area contributed by atoms with Crippen molar-refractivity contribution in [2.75, 3.05) is 27.3 Å². The number of aromatic amines is 1. The molecule has 0 aliphatic heterocycles. The normalized spacial score (nSPS) is 10.2. The van der Waals surface area contributed by atoms with Crippen molar-refractivity contribution in [2.24, 2.45) is 0 Å². The van der Waals surface area contributed by atoms with Crippen molar-refractivity contribution in [3.63, 3.8) is 0 Å². The third-order valence-electron chi connectivity index (χ3n) is 3.60. The zero-order valence-electron chi connectivity index (χ0n) is 14.6. The van der Waals surface area contributed by atoms with Crippen LogP contribution in [0, 0.1) is 0 Å². The van der Waals surface area contributed by atoms with Crippen molar-refractivity contribution in [3.8, 4) is 11.5 Å². The van der Waals surface area contributed by atoms with Crippen LogP contribution in [0.1, 0.15) is 33.5 Å². The molecule has 2 rings (SSSR count). The molecule has 0 bridgehead atoms. The summed E-state index contributed by atoms with van der Waals surface area (Å²) in [5, 5.41) is 5.21. The van der Waals surface area contributed by atoms with Gasteiger partial charge in [-0.05, 0) is 24.6 Å². The molecule has 25 heavy (non-hydrogen) atoms. The standard InChI is InChI=1S/C18H23N3O4/c1-4-20-17(22)14-11-15(16(21-14)18(23)19-2)25-9-8-12-6-5-7-13(10-12)24-3/h5-7,10-11,21H,4,8-9H2,1-3H3,(H,19,23)(H,20,22). The molecule has 0 saturated carbocycles. The van der Waals surface area contributed by atoms with Crippen molar-refractivity contribution >= 4 is 11.8 Å². The fourth-order valence-electron chi connectivity index (χ4n) is 2.33. The molecule has 1 aromatic heterocycles. The molecule has 7 nitrogen and oxygen atoms in total. The monoisotopic (exact) mass is 345 g/mol.